The third-order valence-electron chi connectivity index (χ3n) is 5.75. The zero-order valence-electron chi connectivity index (χ0n) is 17.1. The van der Waals surface area contributed by atoms with Gasteiger partial charge in [-0.2, -0.15) is 18.4 Å². The number of nitrogen functional groups attached to an aromatic ring is 1. The minimum atomic E-state index is -4.50. The second kappa shape index (κ2) is 7.09. The molecule has 1 amide bonds. The molecule has 4 aromatic rings. The van der Waals surface area contributed by atoms with E-state index in [1.54, 1.807) is 4.40 Å². The Bertz CT molecular complexity index is 1490. The third kappa shape index (κ3) is 3.18. The molecule has 2 N–H and O–H groups in total. The first-order valence-corrected chi connectivity index (χ1v) is 9.75. The first-order valence-electron chi connectivity index (χ1n) is 9.75. The van der Waals surface area contributed by atoms with Crippen molar-refractivity contribution in [1.82, 2.24) is 19.3 Å². The highest BCUT2D eigenvalue weighted by atomic mass is 19.4. The van der Waals surface area contributed by atoms with Gasteiger partial charge in [-0.3, -0.25) is 9.20 Å². The lowest BCUT2D eigenvalue weighted by molar-refractivity contribution is -0.137. The van der Waals surface area contributed by atoms with Gasteiger partial charge in [0.05, 0.1) is 46.3 Å². The molecular formula is C22H15F3N6O2. The molecule has 11 heteroatoms. The summed E-state index contributed by atoms with van der Waals surface area (Å²) >= 11 is 0. The SMILES string of the molecule is CN(C(=O)c1cc2c(cc1C#N)nc(N)c1cncn12)[C@@H]1COc2cc(C(F)(F)F)ccc21. The molecule has 0 saturated carbocycles. The van der Waals surface area contributed by atoms with Crippen molar-refractivity contribution >= 4 is 28.3 Å². The monoisotopic (exact) mass is 452 g/mol. The predicted octanol–water partition coefficient (Wildman–Crippen LogP) is 3.56. The topological polar surface area (TPSA) is 110 Å². The van der Waals surface area contributed by atoms with Gasteiger partial charge in [-0.25, -0.2) is 9.97 Å². The van der Waals surface area contributed by atoms with Gasteiger partial charge in [-0.1, -0.05) is 6.07 Å². The van der Waals surface area contributed by atoms with E-state index >= 15 is 0 Å². The van der Waals surface area contributed by atoms with Crippen LogP contribution in [0.15, 0.2) is 42.9 Å². The Balaban J connectivity index is 1.56. The number of hydrogen-bond acceptors (Lipinski definition) is 6. The quantitative estimate of drug-likeness (QED) is 0.498. The number of likely N-dealkylation sites (N-methyl/N-ethyl adjacent to an activating group) is 1. The molecule has 8 nitrogen and oxygen atoms in total. The minimum absolute atomic E-state index is 0.00178. The summed E-state index contributed by atoms with van der Waals surface area (Å²) in [7, 11) is 1.52. The average Bonchev–Trinajstić information content (AvgIpc) is 3.44. The van der Waals surface area contributed by atoms with E-state index in [0.717, 1.165) is 12.1 Å². The second-order valence-corrected chi connectivity index (χ2v) is 7.64. The lowest BCUT2D eigenvalue weighted by atomic mass is 10.0. The van der Waals surface area contributed by atoms with Crippen LogP contribution in [0.1, 0.15) is 33.1 Å². The van der Waals surface area contributed by atoms with E-state index in [-0.39, 0.29) is 29.3 Å². The molecule has 33 heavy (non-hydrogen) atoms. The van der Waals surface area contributed by atoms with Gasteiger partial charge in [-0.05, 0) is 24.3 Å². The number of nitriles is 1. The number of benzene rings is 2. The molecular weight excluding hydrogens is 437 g/mol. The van der Waals surface area contributed by atoms with E-state index < -0.39 is 23.7 Å². The fourth-order valence-electron chi connectivity index (χ4n) is 4.01. The molecule has 0 bridgehead atoms. The van der Waals surface area contributed by atoms with Crippen LogP contribution in [0.4, 0.5) is 19.0 Å². The molecule has 0 unspecified atom stereocenters. The van der Waals surface area contributed by atoms with Gasteiger partial charge in [0.15, 0.2) is 0 Å². The predicted molar refractivity (Wildman–Crippen MR) is 111 cm³/mol. The molecule has 0 aliphatic carbocycles. The summed E-state index contributed by atoms with van der Waals surface area (Å²) in [4.78, 5) is 23.1. The van der Waals surface area contributed by atoms with Crippen LogP contribution in [0.5, 0.6) is 5.75 Å². The molecule has 2 aromatic carbocycles. The number of rotatable bonds is 2. The Morgan fingerprint density at radius 3 is 2.82 bits per heavy atom. The van der Waals surface area contributed by atoms with Gasteiger partial charge in [-0.15, -0.1) is 0 Å². The van der Waals surface area contributed by atoms with Crippen molar-refractivity contribution in [2.75, 3.05) is 19.4 Å². The van der Waals surface area contributed by atoms with Gasteiger partial charge >= 0.3 is 6.18 Å². The van der Waals surface area contributed by atoms with Crippen LogP contribution in [0, 0.1) is 11.3 Å². The highest BCUT2D eigenvalue weighted by molar-refractivity contribution is 6.01. The number of nitrogens with zero attached hydrogens (tertiary/aromatic N) is 5. The molecule has 0 fully saturated rings. The summed E-state index contributed by atoms with van der Waals surface area (Å²) in [6, 6.07) is 7.60. The molecule has 1 aliphatic heterocycles. The number of hydrogen-bond donors (Lipinski definition) is 1. The summed E-state index contributed by atoms with van der Waals surface area (Å²) < 4.78 is 46.2. The maximum Gasteiger partial charge on any atom is 0.416 e. The van der Waals surface area contributed by atoms with E-state index in [1.807, 2.05) is 6.07 Å². The molecule has 2 aromatic heterocycles. The summed E-state index contributed by atoms with van der Waals surface area (Å²) in [5.41, 5.74) is 7.31. The molecule has 0 saturated heterocycles. The normalized spacial score (nSPS) is 15.3. The average molecular weight is 452 g/mol. The number of nitrogens with two attached hydrogens (primary N) is 1. The maximum atomic E-state index is 13.4. The van der Waals surface area contributed by atoms with Crippen molar-refractivity contribution in [2.45, 2.75) is 12.2 Å². The Morgan fingerprint density at radius 2 is 2.09 bits per heavy atom. The number of carbonyl (C=O) groups is 1. The third-order valence-corrected chi connectivity index (χ3v) is 5.75. The van der Waals surface area contributed by atoms with Crippen molar-refractivity contribution in [3.05, 3.63) is 65.1 Å². The molecule has 1 aliphatic rings. The highest BCUT2D eigenvalue weighted by Crippen LogP contribution is 2.40. The van der Waals surface area contributed by atoms with Gasteiger partial charge in [0.1, 0.15) is 29.8 Å². The van der Waals surface area contributed by atoms with E-state index in [1.165, 1.54) is 42.7 Å². The summed E-state index contributed by atoms with van der Waals surface area (Å²) in [5, 5.41) is 9.65. The number of anilines is 1. The molecule has 3 heterocycles. The smallest absolute Gasteiger partial charge is 0.416 e. The van der Waals surface area contributed by atoms with Crippen molar-refractivity contribution in [3.8, 4) is 11.8 Å². The van der Waals surface area contributed by atoms with E-state index in [9.17, 15) is 23.2 Å². The van der Waals surface area contributed by atoms with Crippen molar-refractivity contribution in [3.63, 3.8) is 0 Å². The Morgan fingerprint density at radius 1 is 1.30 bits per heavy atom. The van der Waals surface area contributed by atoms with Gasteiger partial charge in [0.2, 0.25) is 0 Å². The Labute approximate surface area is 184 Å². The van der Waals surface area contributed by atoms with E-state index in [4.69, 9.17) is 10.5 Å². The number of amides is 1. The van der Waals surface area contributed by atoms with Gasteiger partial charge in [0.25, 0.3) is 5.91 Å². The number of ether oxygens (including phenoxy) is 1. The fourth-order valence-corrected chi connectivity index (χ4v) is 4.01. The lowest BCUT2D eigenvalue weighted by Gasteiger charge is -2.24. The molecule has 166 valence electrons. The van der Waals surface area contributed by atoms with Crippen LogP contribution < -0.4 is 10.5 Å². The minimum Gasteiger partial charge on any atom is -0.491 e. The Hall–Kier alpha value is -4.33. The number of halogens is 3. The van der Waals surface area contributed by atoms with Crippen molar-refractivity contribution in [2.24, 2.45) is 0 Å². The second-order valence-electron chi connectivity index (χ2n) is 7.64. The number of carbonyl (C=O) groups excluding carboxylic acids is 1. The van der Waals surface area contributed by atoms with Crippen molar-refractivity contribution < 1.29 is 22.7 Å². The molecule has 0 spiro atoms. The number of imidazole rings is 1. The van der Waals surface area contributed by atoms with Crippen LogP contribution in [0.3, 0.4) is 0 Å². The van der Waals surface area contributed by atoms with Crippen molar-refractivity contribution in [1.29, 1.82) is 5.26 Å². The zero-order valence-corrected chi connectivity index (χ0v) is 17.1. The number of aromatic nitrogens is 3. The van der Waals surface area contributed by atoms with E-state index in [0.29, 0.717) is 22.1 Å². The lowest BCUT2D eigenvalue weighted by Crippen LogP contribution is -2.32. The van der Waals surface area contributed by atoms with E-state index in [2.05, 4.69) is 9.97 Å². The fraction of sp³-hybridized carbons (Fsp3) is 0.182. The summed E-state index contributed by atoms with van der Waals surface area (Å²) in [6.45, 7) is -0.00178. The number of fused-ring (bicyclic) bond motifs is 4. The summed E-state index contributed by atoms with van der Waals surface area (Å²) in [5.74, 6) is -0.175. The van der Waals surface area contributed by atoms with Gasteiger partial charge < -0.3 is 15.4 Å². The largest absolute Gasteiger partial charge is 0.491 e. The van der Waals surface area contributed by atoms with Gasteiger partial charge in [0, 0.05) is 12.6 Å². The Kier molecular flexibility index (Phi) is 4.42. The molecule has 1 atom stereocenters. The standard InChI is InChI=1S/C22H15F3N6O2/c1-30(18-9-33-19-5-12(22(23,24)25)2-3-13(18)19)21(32)14-6-16-15(4-11(14)7-26)29-20(27)17-8-28-10-31(16)17/h2-6,8,10,18H,9H2,1H3,(H2,27,29)/t18-/m1/s1. The first kappa shape index (κ1) is 20.6. The van der Waals surface area contributed by atoms with Crippen LogP contribution in [-0.4, -0.2) is 38.8 Å². The first-order chi connectivity index (χ1) is 15.7. The highest BCUT2D eigenvalue weighted by Gasteiger charge is 2.36. The molecule has 0 radical (unpaired) electrons. The van der Waals surface area contributed by atoms with Crippen LogP contribution in [0.2, 0.25) is 0 Å². The van der Waals surface area contributed by atoms with Crippen LogP contribution in [0.25, 0.3) is 16.6 Å². The van der Waals surface area contributed by atoms with Crippen LogP contribution >= 0.6 is 0 Å². The maximum absolute atomic E-state index is 13.4. The van der Waals surface area contributed by atoms with Crippen LogP contribution in [-0.2, 0) is 6.18 Å². The molecule has 5 rings (SSSR count). The number of alkyl halides is 3. The summed E-state index contributed by atoms with van der Waals surface area (Å²) in [6.07, 6.45) is -1.43. The zero-order chi connectivity index (χ0) is 23.5.